The van der Waals surface area contributed by atoms with Gasteiger partial charge in [0.05, 0.1) is 0 Å². The number of nitrogens with zero attached hydrogens (tertiary/aromatic N) is 3. The van der Waals surface area contributed by atoms with Crippen LogP contribution in [0.25, 0.3) is 0 Å². The van der Waals surface area contributed by atoms with Gasteiger partial charge in [0.1, 0.15) is 11.6 Å². The van der Waals surface area contributed by atoms with Crippen LogP contribution < -0.4 is 10.1 Å². The molecule has 3 aliphatic heterocycles. The quantitative estimate of drug-likeness (QED) is 0.841. The smallest absolute Gasteiger partial charge is 0.264 e. The number of amides is 1. The highest BCUT2D eigenvalue weighted by Gasteiger charge is 2.35. The van der Waals surface area contributed by atoms with Crippen molar-refractivity contribution in [3.8, 4) is 5.75 Å². The molecule has 4 heterocycles. The molecule has 1 N–H and O–H groups in total. The highest BCUT2D eigenvalue weighted by Crippen LogP contribution is 2.33. The van der Waals surface area contributed by atoms with Gasteiger partial charge >= 0.3 is 0 Å². The Labute approximate surface area is 169 Å². The number of ether oxygens (including phenoxy) is 1. The van der Waals surface area contributed by atoms with E-state index in [0.717, 1.165) is 61.7 Å². The van der Waals surface area contributed by atoms with Gasteiger partial charge in [-0.05, 0) is 36.6 Å². The zero-order valence-corrected chi connectivity index (χ0v) is 16.4. The number of benzene rings is 1. The van der Waals surface area contributed by atoms with Crippen LogP contribution in [0.15, 0.2) is 24.4 Å². The Kier molecular flexibility index (Phi) is 4.69. The predicted molar refractivity (Wildman–Crippen MR) is 106 cm³/mol. The molecule has 1 fully saturated rings. The standard InChI is InChI=1S/C21H23ClN4O2/c22-16-3-4-18-14(8-16)9-19(28-18)21(27)26-7-1-2-13(12-26)20-24-11-15-10-23-6-5-17(15)25-20/h3-4,8,11,13,19,23H,1-2,5-7,9-10,12H2/t13-,19+/m0/s1. The average molecular weight is 399 g/mol. The Bertz CT molecular complexity index is 919. The summed E-state index contributed by atoms with van der Waals surface area (Å²) in [6.45, 7) is 3.23. The Morgan fingerprint density at radius 1 is 1.32 bits per heavy atom. The Morgan fingerprint density at radius 2 is 2.25 bits per heavy atom. The number of hydrogen-bond acceptors (Lipinski definition) is 5. The molecule has 28 heavy (non-hydrogen) atoms. The molecule has 1 saturated heterocycles. The maximum Gasteiger partial charge on any atom is 0.264 e. The predicted octanol–water partition coefficient (Wildman–Crippen LogP) is 2.49. The van der Waals surface area contributed by atoms with E-state index in [2.05, 4.69) is 10.3 Å². The zero-order chi connectivity index (χ0) is 19.1. The van der Waals surface area contributed by atoms with Crippen LogP contribution in [0, 0.1) is 0 Å². The number of likely N-dealkylation sites (tertiary alicyclic amines) is 1. The van der Waals surface area contributed by atoms with E-state index in [1.165, 1.54) is 5.56 Å². The first-order valence-corrected chi connectivity index (χ1v) is 10.3. The fraction of sp³-hybridized carbons (Fsp3) is 0.476. The third-order valence-electron chi connectivity index (χ3n) is 5.90. The molecule has 0 unspecified atom stereocenters. The summed E-state index contributed by atoms with van der Waals surface area (Å²) < 4.78 is 5.90. The summed E-state index contributed by atoms with van der Waals surface area (Å²) in [4.78, 5) is 24.5. The van der Waals surface area contributed by atoms with Crippen LogP contribution in [0.2, 0.25) is 5.02 Å². The van der Waals surface area contributed by atoms with Crippen molar-refractivity contribution in [2.75, 3.05) is 19.6 Å². The molecule has 0 spiro atoms. The number of carbonyl (C=O) groups is 1. The van der Waals surface area contributed by atoms with Gasteiger partial charge < -0.3 is 15.0 Å². The molecule has 0 bridgehead atoms. The normalized spacial score (nSPS) is 23.7. The number of hydrogen-bond donors (Lipinski definition) is 1. The van der Waals surface area contributed by atoms with E-state index < -0.39 is 6.10 Å². The van der Waals surface area contributed by atoms with E-state index in [4.69, 9.17) is 21.3 Å². The Hall–Kier alpha value is -2.18. The minimum Gasteiger partial charge on any atom is -0.480 e. The van der Waals surface area contributed by atoms with Crippen molar-refractivity contribution in [1.82, 2.24) is 20.2 Å². The highest BCUT2D eigenvalue weighted by atomic mass is 35.5. The average Bonchev–Trinajstić information content (AvgIpc) is 3.16. The van der Waals surface area contributed by atoms with Crippen LogP contribution in [0.5, 0.6) is 5.75 Å². The molecule has 1 amide bonds. The van der Waals surface area contributed by atoms with Gasteiger partial charge in [-0.15, -0.1) is 0 Å². The van der Waals surface area contributed by atoms with E-state index in [9.17, 15) is 4.79 Å². The summed E-state index contributed by atoms with van der Waals surface area (Å²) in [6, 6.07) is 5.53. The minimum absolute atomic E-state index is 0.0548. The number of halogens is 1. The van der Waals surface area contributed by atoms with Crippen LogP contribution in [0.3, 0.4) is 0 Å². The second-order valence-corrected chi connectivity index (χ2v) is 8.25. The molecule has 6 nitrogen and oxygen atoms in total. The van der Waals surface area contributed by atoms with Crippen molar-refractivity contribution < 1.29 is 9.53 Å². The van der Waals surface area contributed by atoms with Crippen molar-refractivity contribution >= 4 is 17.5 Å². The van der Waals surface area contributed by atoms with Crippen LogP contribution in [-0.4, -0.2) is 46.5 Å². The number of fused-ring (bicyclic) bond motifs is 2. The Morgan fingerprint density at radius 3 is 3.18 bits per heavy atom. The van der Waals surface area contributed by atoms with Gasteiger partial charge in [0.15, 0.2) is 6.10 Å². The van der Waals surface area contributed by atoms with Gasteiger partial charge in [0, 0.05) is 67.4 Å². The first kappa shape index (κ1) is 17.9. The molecule has 146 valence electrons. The molecule has 0 saturated carbocycles. The third kappa shape index (κ3) is 3.35. The van der Waals surface area contributed by atoms with E-state index in [1.54, 1.807) is 6.07 Å². The maximum atomic E-state index is 13.1. The van der Waals surface area contributed by atoms with Gasteiger partial charge in [-0.25, -0.2) is 9.97 Å². The van der Waals surface area contributed by atoms with E-state index in [1.807, 2.05) is 23.2 Å². The van der Waals surface area contributed by atoms with Gasteiger partial charge in [0.25, 0.3) is 5.91 Å². The van der Waals surface area contributed by atoms with Crippen molar-refractivity contribution in [2.45, 2.75) is 44.2 Å². The lowest BCUT2D eigenvalue weighted by atomic mass is 9.95. The van der Waals surface area contributed by atoms with E-state index in [-0.39, 0.29) is 11.8 Å². The molecule has 0 aliphatic carbocycles. The molecular weight excluding hydrogens is 376 g/mol. The van der Waals surface area contributed by atoms with Crippen LogP contribution in [0.4, 0.5) is 0 Å². The first-order chi connectivity index (χ1) is 13.7. The number of aromatic nitrogens is 2. The molecule has 1 aromatic heterocycles. The summed E-state index contributed by atoms with van der Waals surface area (Å²) >= 11 is 6.07. The van der Waals surface area contributed by atoms with Gasteiger partial charge in [0.2, 0.25) is 0 Å². The van der Waals surface area contributed by atoms with Crippen LogP contribution in [-0.2, 0) is 24.2 Å². The molecule has 0 radical (unpaired) electrons. The number of carbonyl (C=O) groups excluding carboxylic acids is 1. The van der Waals surface area contributed by atoms with Gasteiger partial charge in [-0.3, -0.25) is 4.79 Å². The second kappa shape index (κ2) is 7.33. The summed E-state index contributed by atoms with van der Waals surface area (Å²) in [5.74, 6) is 1.89. The van der Waals surface area contributed by atoms with Crippen LogP contribution in [0.1, 0.15) is 41.4 Å². The molecule has 5 rings (SSSR count). The van der Waals surface area contributed by atoms with E-state index in [0.29, 0.717) is 18.0 Å². The largest absolute Gasteiger partial charge is 0.480 e. The summed E-state index contributed by atoms with van der Waals surface area (Å²) in [5, 5.41) is 4.02. The third-order valence-corrected chi connectivity index (χ3v) is 6.13. The number of piperidine rings is 1. The molecule has 7 heteroatoms. The summed E-state index contributed by atoms with van der Waals surface area (Å²) in [7, 11) is 0. The van der Waals surface area contributed by atoms with Crippen molar-refractivity contribution in [1.29, 1.82) is 0 Å². The van der Waals surface area contributed by atoms with E-state index >= 15 is 0 Å². The lowest BCUT2D eigenvalue weighted by Gasteiger charge is -2.33. The van der Waals surface area contributed by atoms with Crippen molar-refractivity contribution in [2.24, 2.45) is 0 Å². The van der Waals surface area contributed by atoms with Gasteiger partial charge in [-0.2, -0.15) is 0 Å². The topological polar surface area (TPSA) is 67.3 Å². The fourth-order valence-electron chi connectivity index (χ4n) is 4.39. The Balaban J connectivity index is 1.29. The molecule has 3 aliphatic rings. The fourth-order valence-corrected chi connectivity index (χ4v) is 4.59. The highest BCUT2D eigenvalue weighted by molar-refractivity contribution is 6.30. The second-order valence-electron chi connectivity index (χ2n) is 7.81. The summed E-state index contributed by atoms with van der Waals surface area (Å²) in [6.07, 6.45) is 4.99. The van der Waals surface area contributed by atoms with Crippen molar-refractivity contribution in [3.63, 3.8) is 0 Å². The zero-order valence-electron chi connectivity index (χ0n) is 15.7. The monoisotopic (exact) mass is 398 g/mol. The van der Waals surface area contributed by atoms with Gasteiger partial charge in [-0.1, -0.05) is 11.6 Å². The maximum absolute atomic E-state index is 13.1. The number of nitrogens with one attached hydrogen (secondary N) is 1. The number of rotatable bonds is 2. The lowest BCUT2D eigenvalue weighted by molar-refractivity contribution is -0.139. The molecular formula is C21H23ClN4O2. The lowest BCUT2D eigenvalue weighted by Crippen LogP contribution is -2.46. The molecule has 1 aromatic carbocycles. The van der Waals surface area contributed by atoms with Crippen LogP contribution >= 0.6 is 11.6 Å². The SMILES string of the molecule is O=C([C@H]1Cc2cc(Cl)ccc2O1)N1CCC[C@H](c2ncc3c(n2)CCNC3)C1. The first-order valence-electron chi connectivity index (χ1n) is 9.96. The van der Waals surface area contributed by atoms with Crippen molar-refractivity contribution in [3.05, 3.63) is 52.1 Å². The summed E-state index contributed by atoms with van der Waals surface area (Å²) in [5.41, 5.74) is 3.35. The minimum atomic E-state index is -0.456. The molecule has 2 aromatic rings. The molecule has 2 atom stereocenters.